The second kappa shape index (κ2) is 5.23. The molecule has 18 heavy (non-hydrogen) atoms. The topological polar surface area (TPSA) is 103 Å². The number of nitrogens with zero attached hydrogens (tertiary/aromatic N) is 6. The Balaban J connectivity index is 2.12. The minimum atomic E-state index is -0.227. The highest BCUT2D eigenvalue weighted by molar-refractivity contribution is 6.10. The van der Waals surface area contributed by atoms with Gasteiger partial charge in [0.05, 0.1) is 23.8 Å². The lowest BCUT2D eigenvalue weighted by molar-refractivity contribution is 0.803. The summed E-state index contributed by atoms with van der Waals surface area (Å²) in [5, 5.41) is 28.2. The smallest absolute Gasteiger partial charge is 0.237 e. The Bertz CT molecular complexity index is 610. The standard InChI is InChI=1S/C11H7N7/c12-7-10(8-13)16-15-9-1-3-11(4-2-9)18-6-5-14-17-18/h1-6,15H. The summed E-state index contributed by atoms with van der Waals surface area (Å²) in [6, 6.07) is 10.5. The second-order valence-corrected chi connectivity index (χ2v) is 3.19. The molecule has 0 saturated heterocycles. The van der Waals surface area contributed by atoms with Crippen molar-refractivity contribution in [2.24, 2.45) is 5.10 Å². The van der Waals surface area contributed by atoms with E-state index in [1.165, 1.54) is 0 Å². The Hall–Kier alpha value is -3.19. The van der Waals surface area contributed by atoms with E-state index in [-0.39, 0.29) is 5.71 Å². The predicted molar refractivity (Wildman–Crippen MR) is 63.6 cm³/mol. The van der Waals surface area contributed by atoms with Gasteiger partial charge in [0.15, 0.2) is 0 Å². The van der Waals surface area contributed by atoms with Gasteiger partial charge >= 0.3 is 0 Å². The third-order valence-electron chi connectivity index (χ3n) is 2.06. The number of hydrogen-bond acceptors (Lipinski definition) is 6. The first kappa shape index (κ1) is 11.3. The monoisotopic (exact) mass is 237 g/mol. The molecule has 2 aromatic rings. The Morgan fingerprint density at radius 3 is 2.50 bits per heavy atom. The normalized spacial score (nSPS) is 9.00. The zero-order chi connectivity index (χ0) is 12.8. The lowest BCUT2D eigenvalue weighted by Gasteiger charge is -2.02. The Morgan fingerprint density at radius 2 is 1.94 bits per heavy atom. The zero-order valence-corrected chi connectivity index (χ0v) is 9.15. The second-order valence-electron chi connectivity index (χ2n) is 3.19. The van der Waals surface area contributed by atoms with Gasteiger partial charge in [-0.3, -0.25) is 5.43 Å². The number of aromatic nitrogens is 3. The molecular formula is C11H7N7. The van der Waals surface area contributed by atoms with E-state index in [0.29, 0.717) is 5.69 Å². The fourth-order valence-corrected chi connectivity index (χ4v) is 1.23. The van der Waals surface area contributed by atoms with E-state index in [2.05, 4.69) is 20.8 Å². The van der Waals surface area contributed by atoms with Crippen molar-refractivity contribution in [3.63, 3.8) is 0 Å². The summed E-state index contributed by atoms with van der Waals surface area (Å²) < 4.78 is 1.61. The van der Waals surface area contributed by atoms with Crippen molar-refractivity contribution in [1.29, 1.82) is 10.5 Å². The highest BCUT2D eigenvalue weighted by Gasteiger charge is 1.97. The third-order valence-corrected chi connectivity index (χ3v) is 2.06. The number of rotatable bonds is 3. The number of nitrogens with one attached hydrogen (secondary N) is 1. The molecule has 0 spiro atoms. The minimum absolute atomic E-state index is 0.227. The first-order valence-electron chi connectivity index (χ1n) is 4.94. The third kappa shape index (κ3) is 2.49. The molecule has 0 amide bonds. The van der Waals surface area contributed by atoms with Gasteiger partial charge in [0, 0.05) is 0 Å². The van der Waals surface area contributed by atoms with E-state index in [0.717, 1.165) is 5.69 Å². The van der Waals surface area contributed by atoms with Crippen molar-refractivity contribution in [2.75, 3.05) is 5.43 Å². The molecule has 7 heteroatoms. The zero-order valence-electron chi connectivity index (χ0n) is 9.15. The van der Waals surface area contributed by atoms with E-state index >= 15 is 0 Å². The summed E-state index contributed by atoms with van der Waals surface area (Å²) in [5.41, 5.74) is 3.91. The molecule has 0 bridgehead atoms. The van der Waals surface area contributed by atoms with Gasteiger partial charge in [-0.25, -0.2) is 4.68 Å². The van der Waals surface area contributed by atoms with Gasteiger partial charge in [-0.2, -0.15) is 15.6 Å². The van der Waals surface area contributed by atoms with Crippen molar-refractivity contribution in [3.05, 3.63) is 36.7 Å². The molecule has 2 rings (SSSR count). The lowest BCUT2D eigenvalue weighted by atomic mass is 10.3. The van der Waals surface area contributed by atoms with Gasteiger partial charge in [-0.05, 0) is 24.3 Å². The molecule has 1 aromatic heterocycles. The van der Waals surface area contributed by atoms with Crippen LogP contribution in [0.15, 0.2) is 41.8 Å². The molecule has 0 aliphatic carbocycles. The van der Waals surface area contributed by atoms with Crippen LogP contribution in [0.4, 0.5) is 5.69 Å². The first-order chi connectivity index (χ1) is 8.83. The van der Waals surface area contributed by atoms with Gasteiger partial charge in [0.2, 0.25) is 5.71 Å². The van der Waals surface area contributed by atoms with Gasteiger partial charge in [-0.1, -0.05) is 5.21 Å². The van der Waals surface area contributed by atoms with Gasteiger partial charge in [0.1, 0.15) is 12.1 Å². The van der Waals surface area contributed by atoms with Crippen LogP contribution in [0.25, 0.3) is 5.69 Å². The predicted octanol–water partition coefficient (Wildman–Crippen LogP) is 1.08. The Kier molecular flexibility index (Phi) is 3.29. The van der Waals surface area contributed by atoms with Crippen LogP contribution in [0.2, 0.25) is 0 Å². The van der Waals surface area contributed by atoms with Gasteiger partial charge in [-0.15, -0.1) is 5.10 Å². The van der Waals surface area contributed by atoms with Crippen molar-refractivity contribution in [3.8, 4) is 17.8 Å². The molecule has 0 unspecified atom stereocenters. The minimum Gasteiger partial charge on any atom is -0.277 e. The maximum Gasteiger partial charge on any atom is 0.237 e. The summed E-state index contributed by atoms with van der Waals surface area (Å²) in [5.74, 6) is 0. The van der Waals surface area contributed by atoms with Crippen LogP contribution < -0.4 is 5.43 Å². The maximum absolute atomic E-state index is 8.51. The van der Waals surface area contributed by atoms with Crippen LogP contribution in [0.5, 0.6) is 0 Å². The van der Waals surface area contributed by atoms with Crippen molar-refractivity contribution in [2.45, 2.75) is 0 Å². The molecule has 0 aliphatic heterocycles. The number of hydrazone groups is 1. The molecule has 1 heterocycles. The summed E-state index contributed by atoms with van der Waals surface area (Å²) in [4.78, 5) is 0. The maximum atomic E-state index is 8.51. The van der Waals surface area contributed by atoms with E-state index in [9.17, 15) is 0 Å². The molecule has 1 aromatic carbocycles. The molecular weight excluding hydrogens is 230 g/mol. The van der Waals surface area contributed by atoms with E-state index < -0.39 is 0 Å². The Morgan fingerprint density at radius 1 is 1.22 bits per heavy atom. The largest absolute Gasteiger partial charge is 0.277 e. The molecule has 0 atom stereocenters. The van der Waals surface area contributed by atoms with E-state index in [4.69, 9.17) is 10.5 Å². The van der Waals surface area contributed by atoms with E-state index in [1.807, 2.05) is 12.1 Å². The molecule has 0 saturated carbocycles. The van der Waals surface area contributed by atoms with Gasteiger partial charge < -0.3 is 0 Å². The highest BCUT2D eigenvalue weighted by atomic mass is 15.4. The quantitative estimate of drug-likeness (QED) is 0.635. The van der Waals surface area contributed by atoms with E-state index in [1.54, 1.807) is 41.3 Å². The van der Waals surface area contributed by atoms with Crippen LogP contribution in [0.3, 0.4) is 0 Å². The molecule has 1 N–H and O–H groups in total. The summed E-state index contributed by atoms with van der Waals surface area (Å²) in [7, 11) is 0. The number of anilines is 1. The van der Waals surface area contributed by atoms with Gasteiger partial charge in [0.25, 0.3) is 0 Å². The number of hydrogen-bond donors (Lipinski definition) is 1. The van der Waals surface area contributed by atoms with Crippen LogP contribution in [-0.4, -0.2) is 20.7 Å². The first-order valence-corrected chi connectivity index (χ1v) is 4.94. The van der Waals surface area contributed by atoms with Crippen molar-refractivity contribution < 1.29 is 0 Å². The molecule has 7 nitrogen and oxygen atoms in total. The summed E-state index contributed by atoms with van der Waals surface area (Å²) in [6.45, 7) is 0. The average Bonchev–Trinajstić information content (AvgIpc) is 2.94. The molecule has 0 radical (unpaired) electrons. The lowest BCUT2D eigenvalue weighted by Crippen LogP contribution is -1.98. The van der Waals surface area contributed by atoms with Crippen LogP contribution in [0.1, 0.15) is 0 Å². The fourth-order valence-electron chi connectivity index (χ4n) is 1.23. The SMILES string of the molecule is N#CC(C#N)=NNc1ccc(-n2ccnn2)cc1. The van der Waals surface area contributed by atoms with Crippen molar-refractivity contribution in [1.82, 2.24) is 15.0 Å². The van der Waals surface area contributed by atoms with Crippen LogP contribution in [-0.2, 0) is 0 Å². The highest BCUT2D eigenvalue weighted by Crippen LogP contribution is 2.11. The summed E-state index contributed by atoms with van der Waals surface area (Å²) in [6.07, 6.45) is 3.31. The molecule has 0 fully saturated rings. The Labute approximate surface area is 103 Å². The number of benzene rings is 1. The van der Waals surface area contributed by atoms with Crippen LogP contribution in [0, 0.1) is 22.7 Å². The summed E-state index contributed by atoms with van der Waals surface area (Å²) >= 11 is 0. The van der Waals surface area contributed by atoms with Crippen LogP contribution >= 0.6 is 0 Å². The fraction of sp³-hybridized carbons (Fsp3) is 0. The van der Waals surface area contributed by atoms with Crippen molar-refractivity contribution >= 4 is 11.4 Å². The number of nitriles is 2. The average molecular weight is 237 g/mol. The molecule has 86 valence electrons. The molecule has 0 aliphatic rings.